The van der Waals surface area contributed by atoms with Crippen molar-refractivity contribution in [2.45, 2.75) is 48.6 Å². The monoisotopic (exact) mass is 879 g/mol. The molecule has 1 N–H and O–H groups in total. The number of nitrogens with one attached hydrogen (secondary N) is 1. The number of carbonyl (C=O) groups excluding carboxylic acids is 1. The molecule has 2 aliphatic carbocycles. The first-order valence-electron chi connectivity index (χ1n) is 19.4. The lowest BCUT2D eigenvalue weighted by Crippen LogP contribution is -2.40. The fourth-order valence-electron chi connectivity index (χ4n) is 8.36. The van der Waals surface area contributed by atoms with Gasteiger partial charge in [0.15, 0.2) is 0 Å². The number of alkyl halides is 4. The minimum atomic E-state index is -3.98. The number of methoxy groups -OCH3 is 1. The lowest BCUT2D eigenvalue weighted by Gasteiger charge is -2.26. The number of rotatable bonds is 12. The number of benzene rings is 3. The minimum Gasteiger partial charge on any atom is -0.481 e. The average molecular weight is 880 g/mol. The third-order valence-corrected chi connectivity index (χ3v) is 13.2. The largest absolute Gasteiger partial charge is 0.481 e. The van der Waals surface area contributed by atoms with Crippen molar-refractivity contribution >= 4 is 26.8 Å². The van der Waals surface area contributed by atoms with Crippen LogP contribution >= 0.6 is 0 Å². The zero-order valence-electron chi connectivity index (χ0n) is 32.6. The fourth-order valence-corrected chi connectivity index (χ4v) is 9.77. The summed E-state index contributed by atoms with van der Waals surface area (Å²) in [6.45, 7) is -0.301. The number of morpholine rings is 1. The number of pyridine rings is 1. The number of hydrogen-bond acceptors (Lipinski definition) is 9. The second-order valence-electron chi connectivity index (χ2n) is 15.2. The van der Waals surface area contributed by atoms with Crippen LogP contribution in [0.25, 0.3) is 27.8 Å². The van der Waals surface area contributed by atoms with Gasteiger partial charge in [0.05, 0.1) is 53.5 Å². The van der Waals surface area contributed by atoms with Crippen molar-refractivity contribution in [1.29, 1.82) is 0 Å². The first-order valence-corrected chi connectivity index (χ1v) is 20.9. The Balaban J connectivity index is 1.18. The molecule has 3 aliphatic rings. The van der Waals surface area contributed by atoms with Gasteiger partial charge in [-0.25, -0.2) is 35.9 Å². The van der Waals surface area contributed by atoms with Gasteiger partial charge in [-0.05, 0) is 72.5 Å². The standard InChI is InChI=1S/C42H35F6N7O6S/c1-60-35-4-2-3-31(50-35)23-5-10-28-32(18-23)51-40(55(41(28)57)26-6-8-27(9-7-26)62(58,59)53-11-13-61-14-12-53)33(17-22-15-24(43)19-25(44)16-22)49-34(56)21-54-38-36(37(52-54)39(45)46)29-20-30(29)42(38,47)48/h2-10,15-16,18-19,29-30,33,39H,11-14,17,20-21H2,1H3,(H,49,56)/t29-,30+,33+/m1/s1. The molecule has 0 radical (unpaired) electrons. The number of nitrogens with zero attached hydrogens (tertiary/aromatic N) is 6. The van der Waals surface area contributed by atoms with Crippen LogP contribution in [0, 0.1) is 17.6 Å². The Morgan fingerprint density at radius 3 is 2.40 bits per heavy atom. The van der Waals surface area contributed by atoms with Gasteiger partial charge >= 0.3 is 0 Å². The number of sulfonamides is 1. The molecule has 1 saturated carbocycles. The molecule has 3 aromatic carbocycles. The van der Waals surface area contributed by atoms with Gasteiger partial charge in [-0.2, -0.15) is 18.2 Å². The molecule has 1 aliphatic heterocycles. The quantitative estimate of drug-likeness (QED) is 0.142. The van der Waals surface area contributed by atoms with Crippen LogP contribution in [0.2, 0.25) is 0 Å². The van der Waals surface area contributed by atoms with Crippen molar-refractivity contribution < 1.29 is 49.0 Å². The van der Waals surface area contributed by atoms with Crippen molar-refractivity contribution in [2.75, 3.05) is 33.4 Å². The lowest BCUT2D eigenvalue weighted by molar-refractivity contribution is -0.123. The average Bonchev–Trinajstić information content (AvgIpc) is 3.91. The fraction of sp³-hybridized carbons (Fsp3) is 0.310. The van der Waals surface area contributed by atoms with E-state index in [-0.39, 0.29) is 71.2 Å². The molecule has 1 amide bonds. The summed E-state index contributed by atoms with van der Waals surface area (Å²) in [4.78, 5) is 37.9. The summed E-state index contributed by atoms with van der Waals surface area (Å²) >= 11 is 0. The van der Waals surface area contributed by atoms with E-state index < -0.39 is 87.7 Å². The van der Waals surface area contributed by atoms with E-state index in [2.05, 4.69) is 15.4 Å². The predicted molar refractivity (Wildman–Crippen MR) is 210 cm³/mol. The summed E-state index contributed by atoms with van der Waals surface area (Å²) in [6, 6.07) is 16.1. The third-order valence-electron chi connectivity index (χ3n) is 11.3. The minimum absolute atomic E-state index is 0.00472. The van der Waals surface area contributed by atoms with Crippen LogP contribution in [0.15, 0.2) is 88.6 Å². The maximum absolute atomic E-state index is 15.5. The van der Waals surface area contributed by atoms with E-state index in [1.807, 2.05) is 0 Å². The maximum Gasteiger partial charge on any atom is 0.293 e. The van der Waals surface area contributed by atoms with Gasteiger partial charge < -0.3 is 14.8 Å². The topological polar surface area (TPSA) is 151 Å². The van der Waals surface area contributed by atoms with Crippen LogP contribution < -0.4 is 15.6 Å². The summed E-state index contributed by atoms with van der Waals surface area (Å²) in [5, 5.41) is 6.46. The summed E-state index contributed by atoms with van der Waals surface area (Å²) in [6.07, 6.45) is -3.62. The van der Waals surface area contributed by atoms with Gasteiger partial charge in [0.1, 0.15) is 35.4 Å². The highest BCUT2D eigenvalue weighted by atomic mass is 32.2. The highest BCUT2D eigenvalue weighted by Crippen LogP contribution is 2.68. The molecular weight excluding hydrogens is 845 g/mol. The number of carbonyl (C=O) groups is 1. The van der Waals surface area contributed by atoms with Gasteiger partial charge in [0.25, 0.3) is 17.9 Å². The number of ether oxygens (including phenoxy) is 2. The van der Waals surface area contributed by atoms with E-state index in [1.165, 1.54) is 41.7 Å². The molecule has 0 unspecified atom stereocenters. The van der Waals surface area contributed by atoms with Crippen molar-refractivity contribution in [2.24, 2.45) is 5.92 Å². The Labute approximate surface area is 349 Å². The van der Waals surface area contributed by atoms with Gasteiger partial charge in [0, 0.05) is 48.7 Å². The second kappa shape index (κ2) is 15.7. The summed E-state index contributed by atoms with van der Waals surface area (Å²) in [5.74, 6) is -8.42. The molecule has 1 saturated heterocycles. The molecule has 9 rings (SSSR count). The first kappa shape index (κ1) is 41.2. The van der Waals surface area contributed by atoms with Crippen LogP contribution in [0.1, 0.15) is 53.1 Å². The Kier molecular flexibility index (Phi) is 10.4. The van der Waals surface area contributed by atoms with Gasteiger partial charge in [-0.1, -0.05) is 12.1 Å². The summed E-state index contributed by atoms with van der Waals surface area (Å²) in [7, 11) is -2.54. The van der Waals surface area contributed by atoms with Crippen LogP contribution in [-0.2, 0) is 38.4 Å². The van der Waals surface area contributed by atoms with Crippen LogP contribution in [0.4, 0.5) is 26.3 Å². The highest BCUT2D eigenvalue weighted by Gasteiger charge is 2.67. The summed E-state index contributed by atoms with van der Waals surface area (Å²) in [5.41, 5.74) is -1.50. The molecule has 3 atom stereocenters. The van der Waals surface area contributed by atoms with Crippen LogP contribution in [-0.4, -0.2) is 76.4 Å². The maximum atomic E-state index is 15.5. The van der Waals surface area contributed by atoms with E-state index in [1.54, 1.807) is 30.3 Å². The Morgan fingerprint density at radius 1 is 0.984 bits per heavy atom. The Hall–Kier alpha value is -6.12. The van der Waals surface area contributed by atoms with Crippen molar-refractivity contribution in [3.05, 3.63) is 129 Å². The first-order chi connectivity index (χ1) is 29.6. The Morgan fingerprint density at radius 2 is 1.71 bits per heavy atom. The molecule has 13 nitrogen and oxygen atoms in total. The van der Waals surface area contributed by atoms with Crippen molar-refractivity contribution in [3.8, 4) is 22.8 Å². The number of halogens is 6. The number of fused-ring (bicyclic) bond motifs is 4. The van der Waals surface area contributed by atoms with Crippen LogP contribution in [0.5, 0.6) is 5.88 Å². The molecule has 0 bridgehead atoms. The zero-order valence-corrected chi connectivity index (χ0v) is 33.4. The number of hydrogen-bond donors (Lipinski definition) is 1. The molecular formula is C42H35F6N7O6S. The SMILES string of the molecule is COc1cccc(-c2ccc3c(=O)n(-c4ccc(S(=O)(=O)N5CCOCC5)cc4)c([C@H](Cc4cc(F)cc(F)c4)NC(=O)Cn4nc(C(F)F)c5c4C(F)(F)[C@H]4C[C@@H]54)nc3c2)n1. The van der Waals surface area contributed by atoms with Crippen molar-refractivity contribution in [1.82, 2.24) is 33.9 Å². The molecule has 2 fully saturated rings. The van der Waals surface area contributed by atoms with E-state index >= 15 is 8.78 Å². The lowest BCUT2D eigenvalue weighted by atomic mass is 10.0. The predicted octanol–water partition coefficient (Wildman–Crippen LogP) is 6.20. The van der Waals surface area contributed by atoms with Gasteiger partial charge in [-0.3, -0.25) is 18.8 Å². The summed E-state index contributed by atoms with van der Waals surface area (Å²) < 4.78 is 129. The Bertz CT molecular complexity index is 2900. The van der Waals surface area contributed by atoms with E-state index in [0.717, 1.165) is 16.7 Å². The molecule has 4 heterocycles. The molecule has 3 aromatic heterocycles. The van der Waals surface area contributed by atoms with E-state index in [4.69, 9.17) is 14.5 Å². The number of aromatic nitrogens is 5. The molecule has 20 heteroatoms. The normalized spacial score (nSPS) is 18.7. The van der Waals surface area contributed by atoms with Gasteiger partial charge in [-0.15, -0.1) is 0 Å². The molecule has 322 valence electrons. The smallest absolute Gasteiger partial charge is 0.293 e. The van der Waals surface area contributed by atoms with Crippen LogP contribution in [0.3, 0.4) is 0 Å². The van der Waals surface area contributed by atoms with E-state index in [9.17, 15) is 35.6 Å². The second-order valence-corrected chi connectivity index (χ2v) is 17.1. The molecule has 62 heavy (non-hydrogen) atoms. The van der Waals surface area contributed by atoms with Gasteiger partial charge in [0.2, 0.25) is 21.8 Å². The third kappa shape index (κ3) is 7.38. The molecule has 6 aromatic rings. The number of amides is 1. The van der Waals surface area contributed by atoms with Crippen molar-refractivity contribution in [3.63, 3.8) is 0 Å². The highest BCUT2D eigenvalue weighted by molar-refractivity contribution is 7.89. The molecule has 0 spiro atoms. The van der Waals surface area contributed by atoms with E-state index in [0.29, 0.717) is 27.9 Å². The zero-order chi connectivity index (χ0) is 43.7.